The molecule has 0 N–H and O–H groups in total. The number of para-hydroxylation sites is 6. The van der Waals surface area contributed by atoms with E-state index in [0.717, 1.165) is 35.6 Å². The molecule has 0 unspecified atom stereocenters. The molecule has 4 nitrogen and oxygen atoms in total. The summed E-state index contributed by atoms with van der Waals surface area (Å²) in [5.41, 5.74) is 29.4. The Morgan fingerprint density at radius 1 is 0.226 bits per heavy atom. The van der Waals surface area contributed by atoms with Gasteiger partial charge in [-0.1, -0.05) is 217 Å². The van der Waals surface area contributed by atoms with E-state index in [1.165, 1.54) is 154 Å². The molecule has 1 aliphatic rings. The second kappa shape index (κ2) is 20.7. The van der Waals surface area contributed by atoms with E-state index in [2.05, 4.69) is 348 Å². The van der Waals surface area contributed by atoms with Crippen LogP contribution in [0.3, 0.4) is 0 Å². The Morgan fingerprint density at radius 2 is 0.473 bits per heavy atom. The summed E-state index contributed by atoms with van der Waals surface area (Å²) in [7, 11) is 0. The number of benzene rings is 14. The molecule has 0 spiro atoms. The minimum atomic E-state index is -0.351. The Kier molecular flexibility index (Phi) is 11.8. The molecule has 0 fully saturated rings. The highest BCUT2D eigenvalue weighted by Gasteiger charge is 2.44. The van der Waals surface area contributed by atoms with Gasteiger partial charge in [0.05, 0.1) is 44.1 Å². The van der Waals surface area contributed by atoms with Crippen LogP contribution in [0.25, 0.3) is 143 Å². The first kappa shape index (κ1) is 53.1. The summed E-state index contributed by atoms with van der Waals surface area (Å²) in [6.45, 7) is 4.52. The largest absolute Gasteiger partial charge is 0.309 e. The van der Waals surface area contributed by atoms with E-state index in [1.54, 1.807) is 0 Å². The lowest BCUT2D eigenvalue weighted by atomic mass is 9.69. The summed E-state index contributed by atoms with van der Waals surface area (Å²) in [6, 6.07) is 118. The van der Waals surface area contributed by atoms with Crippen molar-refractivity contribution in [1.82, 2.24) is 18.3 Å². The summed E-state index contributed by atoms with van der Waals surface area (Å²) in [5.74, 6) is 0. The molecule has 0 aliphatic heterocycles. The van der Waals surface area contributed by atoms with Gasteiger partial charge in [0.2, 0.25) is 0 Å². The van der Waals surface area contributed by atoms with Crippen LogP contribution < -0.4 is 0 Å². The van der Waals surface area contributed by atoms with Gasteiger partial charge in [-0.3, -0.25) is 0 Å². The summed E-state index contributed by atoms with van der Waals surface area (Å²) in [6.07, 6.45) is 1.68. The summed E-state index contributed by atoms with van der Waals surface area (Å²) in [4.78, 5) is 0. The fourth-order valence-corrected chi connectivity index (χ4v) is 16.3. The molecule has 1 aliphatic carbocycles. The van der Waals surface area contributed by atoms with Crippen LogP contribution in [-0.4, -0.2) is 18.3 Å². The maximum Gasteiger partial charge on any atom is 0.0541 e. The third-order valence-corrected chi connectivity index (χ3v) is 20.5. The molecule has 4 heteroatoms. The molecular weight excluding hydrogens is 1130 g/mol. The highest BCUT2D eigenvalue weighted by molar-refractivity contribution is 6.12. The number of aromatic nitrogens is 4. The smallest absolute Gasteiger partial charge is 0.0541 e. The van der Waals surface area contributed by atoms with Gasteiger partial charge in [0, 0.05) is 71.3 Å². The van der Waals surface area contributed by atoms with Crippen molar-refractivity contribution in [2.24, 2.45) is 0 Å². The molecule has 14 aromatic carbocycles. The standard InChI is InChI=1S/C89H62N4/c1-57-27-47-69-70-48-28-58(2)52-80(70)89(79(69)51-57,55-59-29-49-87-77(53-59)75-19-7-13-25-85(75)92(87)67-43-35-63(36-44-67)61-31-39-65(40-32-61)90-81-21-9-3-15-71(81)72-16-4-10-22-82(72)90)56-60-30-50-88-78(54-60)76-20-8-14-26-86(76)93(88)68-45-37-64(38-46-68)62-33-41-66(42-34-62)91-83-23-11-5-17-73(83)74-18-6-12-24-84(74)91/h3-54H,55-56H2,1-2H3. The lowest BCUT2D eigenvalue weighted by Crippen LogP contribution is -2.31. The fourth-order valence-electron chi connectivity index (χ4n) is 16.3. The molecule has 0 saturated heterocycles. The third-order valence-electron chi connectivity index (χ3n) is 20.5. The van der Waals surface area contributed by atoms with E-state index >= 15 is 0 Å². The molecule has 4 heterocycles. The predicted octanol–water partition coefficient (Wildman–Crippen LogP) is 22.8. The van der Waals surface area contributed by atoms with Crippen LogP contribution in [0.15, 0.2) is 315 Å². The normalized spacial score (nSPS) is 12.8. The maximum absolute atomic E-state index is 2.51. The zero-order valence-corrected chi connectivity index (χ0v) is 51.7. The second-order valence-electron chi connectivity index (χ2n) is 25.9. The maximum atomic E-state index is 2.51. The Hall–Kier alpha value is -11.7. The van der Waals surface area contributed by atoms with Crippen LogP contribution in [0.5, 0.6) is 0 Å². The number of nitrogens with zero attached hydrogens (tertiary/aromatic N) is 4. The van der Waals surface area contributed by atoms with Crippen molar-refractivity contribution in [2.45, 2.75) is 32.1 Å². The Balaban J connectivity index is 0.665. The Morgan fingerprint density at radius 3 is 0.753 bits per heavy atom. The van der Waals surface area contributed by atoms with Gasteiger partial charge in [0.15, 0.2) is 0 Å². The monoisotopic (exact) mass is 1190 g/mol. The van der Waals surface area contributed by atoms with E-state index in [9.17, 15) is 0 Å². The average Bonchev–Trinajstić information content (AvgIpc) is 1.59. The zero-order valence-electron chi connectivity index (χ0n) is 51.7. The van der Waals surface area contributed by atoms with E-state index in [1.807, 2.05) is 0 Å². The van der Waals surface area contributed by atoms with E-state index < -0.39 is 0 Å². The van der Waals surface area contributed by atoms with Gasteiger partial charge in [-0.25, -0.2) is 0 Å². The van der Waals surface area contributed by atoms with E-state index in [4.69, 9.17) is 0 Å². The number of rotatable bonds is 10. The van der Waals surface area contributed by atoms with Crippen LogP contribution in [0.4, 0.5) is 0 Å². The molecule has 0 atom stereocenters. The molecule has 4 aromatic heterocycles. The number of aryl methyl sites for hydroxylation is 2. The number of hydrogen-bond acceptors (Lipinski definition) is 0. The highest BCUT2D eigenvalue weighted by atomic mass is 15.0. The molecule has 19 rings (SSSR count). The van der Waals surface area contributed by atoms with E-state index in [-0.39, 0.29) is 5.41 Å². The van der Waals surface area contributed by atoms with Crippen LogP contribution in [0.1, 0.15) is 33.4 Å². The van der Waals surface area contributed by atoms with Gasteiger partial charge in [-0.05, 0) is 192 Å². The Bertz CT molecular complexity index is 5570. The van der Waals surface area contributed by atoms with Crippen molar-refractivity contribution in [3.05, 3.63) is 349 Å². The predicted molar refractivity (Wildman–Crippen MR) is 391 cm³/mol. The lowest BCUT2D eigenvalue weighted by molar-refractivity contribution is 0.520. The van der Waals surface area contributed by atoms with Gasteiger partial charge in [-0.2, -0.15) is 0 Å². The first-order valence-electron chi connectivity index (χ1n) is 32.5. The molecule has 0 amide bonds. The summed E-state index contributed by atoms with van der Waals surface area (Å²) >= 11 is 0. The quantitative estimate of drug-likeness (QED) is 0.130. The summed E-state index contributed by atoms with van der Waals surface area (Å²) < 4.78 is 9.68. The van der Waals surface area contributed by atoms with Crippen molar-refractivity contribution >= 4 is 87.2 Å². The van der Waals surface area contributed by atoms with Gasteiger partial charge < -0.3 is 18.3 Å². The van der Waals surface area contributed by atoms with Crippen LogP contribution in [-0.2, 0) is 18.3 Å². The van der Waals surface area contributed by atoms with Crippen LogP contribution >= 0.6 is 0 Å². The number of hydrogen-bond donors (Lipinski definition) is 0. The molecular formula is C89H62N4. The first-order valence-corrected chi connectivity index (χ1v) is 32.5. The summed E-state index contributed by atoms with van der Waals surface area (Å²) in [5, 5.41) is 10.1. The molecule has 0 saturated carbocycles. The number of fused-ring (bicyclic) bond motifs is 15. The SMILES string of the molecule is Cc1ccc2c(c1)C(Cc1ccc3c(c1)c1ccccc1n3-c1ccc(-c3ccc(-n4c5ccccc5c5ccccc54)cc3)cc1)(Cc1ccc3c(c1)c1ccccc1n3-c1ccc(-c3ccc(-n4c5ccccc5c5ccccc54)cc3)cc1)c1cc(C)ccc1-2. The molecule has 0 bridgehead atoms. The van der Waals surface area contributed by atoms with Gasteiger partial charge in [0.25, 0.3) is 0 Å². The van der Waals surface area contributed by atoms with Crippen molar-refractivity contribution < 1.29 is 0 Å². The highest BCUT2D eigenvalue weighted by Crippen LogP contribution is 2.54. The second-order valence-corrected chi connectivity index (χ2v) is 25.9. The fraction of sp³-hybridized carbons (Fsp3) is 0.0562. The van der Waals surface area contributed by atoms with Gasteiger partial charge in [0.1, 0.15) is 0 Å². The van der Waals surface area contributed by atoms with Crippen molar-refractivity contribution in [3.8, 4) is 56.1 Å². The van der Waals surface area contributed by atoms with Crippen molar-refractivity contribution in [3.63, 3.8) is 0 Å². The molecule has 18 aromatic rings. The van der Waals surface area contributed by atoms with Crippen molar-refractivity contribution in [1.29, 1.82) is 0 Å². The minimum Gasteiger partial charge on any atom is -0.309 e. The van der Waals surface area contributed by atoms with Crippen LogP contribution in [0.2, 0.25) is 0 Å². The van der Waals surface area contributed by atoms with Gasteiger partial charge in [-0.15, -0.1) is 0 Å². The average molecular weight is 1190 g/mol. The first-order chi connectivity index (χ1) is 45.9. The minimum absolute atomic E-state index is 0.351. The van der Waals surface area contributed by atoms with E-state index in [0.29, 0.717) is 0 Å². The van der Waals surface area contributed by atoms with Crippen LogP contribution in [0, 0.1) is 13.8 Å². The third kappa shape index (κ3) is 8.24. The zero-order chi connectivity index (χ0) is 61.5. The molecule has 438 valence electrons. The topological polar surface area (TPSA) is 19.7 Å². The molecule has 93 heavy (non-hydrogen) atoms. The lowest BCUT2D eigenvalue weighted by Gasteiger charge is -2.33. The van der Waals surface area contributed by atoms with Crippen molar-refractivity contribution in [2.75, 3.05) is 0 Å². The Labute approximate surface area is 539 Å². The molecule has 0 radical (unpaired) electrons. The van der Waals surface area contributed by atoms with Gasteiger partial charge >= 0.3 is 0 Å².